The minimum absolute atomic E-state index is 0.00160. The smallest absolute Gasteiger partial charge is 0.326 e. The Morgan fingerprint density at radius 1 is 1.03 bits per heavy atom. The lowest BCUT2D eigenvalue weighted by atomic mass is 10.0. The number of aliphatic hydroxyl groups excluding tert-OH is 1. The Bertz CT molecular complexity index is 1150. The van der Waals surface area contributed by atoms with E-state index in [1.807, 2.05) is 24.3 Å². The number of aromatic amines is 1. The fourth-order valence-electron chi connectivity index (χ4n) is 3.73. The second-order valence-corrected chi connectivity index (χ2v) is 9.80. The Morgan fingerprint density at radius 2 is 1.68 bits per heavy atom. The number of benzene rings is 1. The Kier molecular flexibility index (Phi) is 11.6. The van der Waals surface area contributed by atoms with Crippen molar-refractivity contribution in [3.63, 3.8) is 0 Å². The van der Waals surface area contributed by atoms with Crippen molar-refractivity contribution >= 4 is 52.3 Å². The van der Waals surface area contributed by atoms with Gasteiger partial charge in [-0.15, -0.1) is 0 Å². The van der Waals surface area contributed by atoms with Crippen molar-refractivity contribution < 1.29 is 34.2 Å². The van der Waals surface area contributed by atoms with Gasteiger partial charge in [0.25, 0.3) is 0 Å². The van der Waals surface area contributed by atoms with Crippen LogP contribution in [0, 0.1) is 0 Å². The van der Waals surface area contributed by atoms with Gasteiger partial charge in [0.2, 0.25) is 23.6 Å². The van der Waals surface area contributed by atoms with E-state index in [1.54, 1.807) is 12.5 Å². The number of nitrogens with two attached hydrogens (primary N) is 2. The highest BCUT2D eigenvalue weighted by Gasteiger charge is 2.32. The average molecular weight is 551 g/mol. The molecule has 0 bridgehead atoms. The molecule has 0 spiro atoms. The lowest BCUT2D eigenvalue weighted by Gasteiger charge is -2.26. The molecule has 1 aromatic heterocycles. The number of carbonyl (C=O) groups is 5. The third kappa shape index (κ3) is 8.75. The van der Waals surface area contributed by atoms with E-state index in [1.165, 1.54) is 18.7 Å². The van der Waals surface area contributed by atoms with Crippen LogP contribution in [-0.4, -0.2) is 87.1 Å². The number of aliphatic carboxylic acids is 1. The number of para-hydroxylation sites is 1. The van der Waals surface area contributed by atoms with E-state index in [-0.39, 0.29) is 12.8 Å². The molecule has 0 aliphatic carbocycles. The van der Waals surface area contributed by atoms with Gasteiger partial charge in [0.15, 0.2) is 0 Å². The van der Waals surface area contributed by atoms with Gasteiger partial charge in [-0.05, 0) is 37.0 Å². The Labute approximate surface area is 223 Å². The van der Waals surface area contributed by atoms with E-state index < -0.39 is 66.3 Å². The zero-order valence-corrected chi connectivity index (χ0v) is 21.9. The number of hydrogen-bond acceptors (Lipinski definition) is 8. The van der Waals surface area contributed by atoms with Crippen LogP contribution in [0.2, 0.25) is 0 Å². The summed E-state index contributed by atoms with van der Waals surface area (Å²) in [7, 11) is 0. The van der Waals surface area contributed by atoms with E-state index >= 15 is 0 Å². The first-order valence-electron chi connectivity index (χ1n) is 11.8. The molecule has 1 heterocycles. The van der Waals surface area contributed by atoms with E-state index in [4.69, 9.17) is 11.5 Å². The predicted molar refractivity (Wildman–Crippen MR) is 142 cm³/mol. The highest BCUT2D eigenvalue weighted by Crippen LogP contribution is 2.19. The first kappa shape index (κ1) is 30.6. The maximum absolute atomic E-state index is 13.1. The van der Waals surface area contributed by atoms with Gasteiger partial charge in [-0.1, -0.05) is 18.2 Å². The summed E-state index contributed by atoms with van der Waals surface area (Å²) in [6.07, 6.45) is 1.78. The number of carboxylic acid groups (broad SMARTS) is 1. The zero-order valence-electron chi connectivity index (χ0n) is 21.1. The number of carbonyl (C=O) groups excluding carboxylic acids is 4. The normalized spacial score (nSPS) is 15.1. The number of hydrogen-bond donors (Lipinski definition) is 8. The summed E-state index contributed by atoms with van der Waals surface area (Å²) >= 11 is 1.41. The first-order valence-corrected chi connectivity index (χ1v) is 13.2. The Hall–Kier alpha value is -3.62. The fourth-order valence-corrected chi connectivity index (χ4v) is 4.21. The quantitative estimate of drug-likeness (QED) is 0.130. The molecule has 0 aliphatic rings. The molecule has 0 saturated carbocycles. The van der Waals surface area contributed by atoms with Crippen molar-refractivity contribution in [1.29, 1.82) is 0 Å². The maximum Gasteiger partial charge on any atom is 0.326 e. The second kappa shape index (κ2) is 14.4. The summed E-state index contributed by atoms with van der Waals surface area (Å²) in [5.74, 6) is -4.13. The van der Waals surface area contributed by atoms with Gasteiger partial charge in [-0.3, -0.25) is 19.2 Å². The van der Waals surface area contributed by atoms with Crippen molar-refractivity contribution in [3.05, 3.63) is 36.0 Å². The Morgan fingerprint density at radius 3 is 2.29 bits per heavy atom. The first-order chi connectivity index (χ1) is 17.9. The number of nitrogens with one attached hydrogen (secondary N) is 4. The van der Waals surface area contributed by atoms with Gasteiger partial charge in [0.05, 0.1) is 18.6 Å². The SMILES string of the molecule is CSCCC(NC(=O)C(NC(=O)C(N)CC(N)=O)C(C)O)C(=O)NC(Cc1c[nH]c2ccccc12)C(=O)O. The number of carboxylic acids is 1. The molecule has 0 saturated heterocycles. The molecule has 0 aliphatic heterocycles. The molecule has 13 nitrogen and oxygen atoms in total. The maximum atomic E-state index is 13.1. The number of fused-ring (bicyclic) bond motifs is 1. The van der Waals surface area contributed by atoms with Crippen LogP contribution in [0.15, 0.2) is 30.5 Å². The summed E-state index contributed by atoms with van der Waals surface area (Å²) in [6.45, 7) is 1.25. The van der Waals surface area contributed by atoms with E-state index in [9.17, 15) is 34.2 Å². The molecule has 2 aromatic rings. The molecule has 38 heavy (non-hydrogen) atoms. The van der Waals surface area contributed by atoms with Crippen molar-refractivity contribution in [2.45, 2.75) is 56.5 Å². The summed E-state index contributed by atoms with van der Waals surface area (Å²) in [5.41, 5.74) is 12.2. The van der Waals surface area contributed by atoms with Crippen LogP contribution in [0.25, 0.3) is 10.9 Å². The molecule has 10 N–H and O–H groups in total. The monoisotopic (exact) mass is 550 g/mol. The molecule has 1 aromatic carbocycles. The molecule has 5 unspecified atom stereocenters. The largest absolute Gasteiger partial charge is 0.480 e. The number of aliphatic hydroxyl groups is 1. The van der Waals surface area contributed by atoms with Crippen LogP contribution in [0.4, 0.5) is 0 Å². The molecular formula is C24H34N6O7S. The standard InChI is InChI=1S/C24H34N6O7S/c1-12(31)20(30-21(33)15(25)10-19(26)32)23(35)28-17(7-8-38-2)22(34)29-18(24(36)37)9-13-11-27-16-6-4-3-5-14(13)16/h3-6,11-12,15,17-18,20,27,31H,7-10,25H2,1-2H3,(H2,26,32)(H,28,35)(H,29,34)(H,30,33)(H,36,37). The number of amides is 4. The van der Waals surface area contributed by atoms with Crippen LogP contribution in [-0.2, 0) is 30.4 Å². The predicted octanol–water partition coefficient (Wildman–Crippen LogP) is -1.41. The average Bonchev–Trinajstić information content (AvgIpc) is 3.26. The van der Waals surface area contributed by atoms with Gasteiger partial charge in [0, 0.05) is 23.5 Å². The number of H-pyrrole nitrogens is 1. The number of rotatable bonds is 15. The van der Waals surface area contributed by atoms with Crippen LogP contribution < -0.4 is 27.4 Å². The van der Waals surface area contributed by atoms with E-state index in [0.29, 0.717) is 11.3 Å². The lowest BCUT2D eigenvalue weighted by Crippen LogP contribution is -2.60. The van der Waals surface area contributed by atoms with Gasteiger partial charge < -0.3 is 42.6 Å². The lowest BCUT2D eigenvalue weighted by molar-refractivity contribution is -0.142. The van der Waals surface area contributed by atoms with E-state index in [2.05, 4.69) is 20.9 Å². The molecular weight excluding hydrogens is 516 g/mol. The van der Waals surface area contributed by atoms with Crippen molar-refractivity contribution in [2.75, 3.05) is 12.0 Å². The summed E-state index contributed by atoms with van der Waals surface area (Å²) in [6, 6.07) is 2.08. The molecule has 0 fully saturated rings. The minimum Gasteiger partial charge on any atom is -0.480 e. The van der Waals surface area contributed by atoms with Gasteiger partial charge >= 0.3 is 5.97 Å². The minimum atomic E-state index is -1.49. The third-order valence-electron chi connectivity index (χ3n) is 5.78. The number of primary amides is 1. The number of thioether (sulfide) groups is 1. The van der Waals surface area contributed by atoms with Gasteiger partial charge in [-0.2, -0.15) is 11.8 Å². The summed E-state index contributed by atoms with van der Waals surface area (Å²) < 4.78 is 0. The zero-order chi connectivity index (χ0) is 28.4. The van der Waals surface area contributed by atoms with Crippen molar-refractivity contribution in [1.82, 2.24) is 20.9 Å². The molecule has 0 radical (unpaired) electrons. The topological polar surface area (TPSA) is 230 Å². The van der Waals surface area contributed by atoms with Gasteiger partial charge in [0.1, 0.15) is 18.1 Å². The van der Waals surface area contributed by atoms with Crippen LogP contribution in [0.5, 0.6) is 0 Å². The van der Waals surface area contributed by atoms with Crippen LogP contribution in [0.3, 0.4) is 0 Å². The van der Waals surface area contributed by atoms with Crippen LogP contribution >= 0.6 is 11.8 Å². The highest BCUT2D eigenvalue weighted by molar-refractivity contribution is 7.98. The molecule has 14 heteroatoms. The van der Waals surface area contributed by atoms with Crippen molar-refractivity contribution in [3.8, 4) is 0 Å². The van der Waals surface area contributed by atoms with Crippen LogP contribution in [0.1, 0.15) is 25.3 Å². The molecule has 5 atom stereocenters. The highest BCUT2D eigenvalue weighted by atomic mass is 32.2. The third-order valence-corrected chi connectivity index (χ3v) is 6.42. The number of aromatic nitrogens is 1. The summed E-state index contributed by atoms with van der Waals surface area (Å²) in [4.78, 5) is 64.4. The Balaban J connectivity index is 2.15. The molecule has 208 valence electrons. The molecule has 2 rings (SSSR count). The fraction of sp³-hybridized carbons (Fsp3) is 0.458. The summed E-state index contributed by atoms with van der Waals surface area (Å²) in [5, 5.41) is 27.9. The van der Waals surface area contributed by atoms with Gasteiger partial charge in [-0.25, -0.2) is 4.79 Å². The van der Waals surface area contributed by atoms with Crippen molar-refractivity contribution in [2.24, 2.45) is 11.5 Å². The second-order valence-electron chi connectivity index (χ2n) is 8.81. The van der Waals surface area contributed by atoms with E-state index in [0.717, 1.165) is 10.9 Å². The molecule has 4 amide bonds.